The molecule has 0 aromatic heterocycles. The van der Waals surface area contributed by atoms with Crippen LogP contribution >= 0.6 is 0 Å². The Morgan fingerprint density at radius 2 is 1.00 bits per heavy atom. The quantitative estimate of drug-likeness (QED) is 0.316. The van der Waals surface area contributed by atoms with Crippen molar-refractivity contribution in [3.8, 4) is 0 Å². The van der Waals surface area contributed by atoms with E-state index >= 15 is 0 Å². The maximum Gasteiger partial charge on any atom is 0 e. The van der Waals surface area contributed by atoms with Gasteiger partial charge in [-0.1, -0.05) is 0 Å². The molecule has 0 bridgehead atoms. The summed E-state index contributed by atoms with van der Waals surface area (Å²) in [7, 11) is 0. The summed E-state index contributed by atoms with van der Waals surface area (Å²) in [5.41, 5.74) is 0. The van der Waals surface area contributed by atoms with E-state index in [1.54, 1.807) is 0 Å². The first-order valence-electron chi connectivity index (χ1n) is 0. The van der Waals surface area contributed by atoms with E-state index in [9.17, 15) is 0 Å². The number of hydrogen-bond donors (Lipinski definition) is 0. The molecule has 0 aliphatic heterocycles. The molecular weight excluding hydrogens is 523 g/mol. The molecule has 1 atom stereocenters. The SMILES string of the molecule is [AsH3].[Cd].[Cu].[PbH2].[Zn]. The summed E-state index contributed by atoms with van der Waals surface area (Å²) in [6, 6.07) is 0. The van der Waals surface area contributed by atoms with E-state index in [1.807, 2.05) is 0 Å². The van der Waals surface area contributed by atoms with Gasteiger partial charge in [0.25, 0.3) is 0 Å². The largest absolute Gasteiger partial charge is 0 e. The molecule has 5 heavy (non-hydrogen) atoms. The van der Waals surface area contributed by atoms with E-state index < -0.39 is 0 Å². The van der Waals surface area contributed by atoms with E-state index in [-0.39, 0.29) is 109 Å². The minimum atomic E-state index is 0. The van der Waals surface area contributed by atoms with E-state index in [0.29, 0.717) is 0 Å². The van der Waals surface area contributed by atoms with Gasteiger partial charge in [-0.25, -0.2) is 0 Å². The van der Waals surface area contributed by atoms with E-state index in [4.69, 9.17) is 0 Å². The molecule has 0 aliphatic carbocycles. The Hall–Kier alpha value is 3.55. The van der Waals surface area contributed by atoms with Crippen LogP contribution in [0.3, 0.4) is 0 Å². The normalized spacial score (nSPS) is 0. The van der Waals surface area contributed by atoms with Crippen molar-refractivity contribution < 1.29 is 63.8 Å². The van der Waals surface area contributed by atoms with Crippen LogP contribution in [0.2, 0.25) is 0 Å². The van der Waals surface area contributed by atoms with Gasteiger partial charge in [0.2, 0.25) is 0 Å². The minimum absolute atomic E-state index is 0. The zero-order chi connectivity index (χ0) is 0. The molecule has 0 spiro atoms. The molecule has 0 amide bonds. The maximum absolute atomic E-state index is 0. The maximum atomic E-state index is 0. The fourth-order valence-electron chi connectivity index (χ4n) is 0. The van der Waals surface area contributed by atoms with Crippen molar-refractivity contribution in [1.82, 2.24) is 0 Å². The third-order valence-electron chi connectivity index (χ3n) is 0. The Morgan fingerprint density at radius 3 is 1.00 bits per heavy atom. The van der Waals surface area contributed by atoms with E-state index in [0.717, 1.165) is 0 Å². The smallest absolute Gasteiger partial charge is 0 e. The van der Waals surface area contributed by atoms with Crippen molar-refractivity contribution in [2.24, 2.45) is 0 Å². The van der Waals surface area contributed by atoms with Crippen molar-refractivity contribution in [2.45, 2.75) is 0 Å². The van der Waals surface area contributed by atoms with Crippen molar-refractivity contribution >= 4 is 45.3 Å². The zero-order valence-electron chi connectivity index (χ0n) is 3.13. The van der Waals surface area contributed by atoms with Crippen molar-refractivity contribution in [1.29, 1.82) is 0 Å². The second kappa shape index (κ2) is 25.7. The van der Waals surface area contributed by atoms with Crippen LogP contribution in [0.25, 0.3) is 0 Å². The predicted octanol–water partition coefficient (Wildman–Crippen LogP) is -2.11. The molecule has 0 aliphatic rings. The predicted molar refractivity (Wildman–Crippen MR) is 18.5 cm³/mol. The van der Waals surface area contributed by atoms with E-state index in [1.165, 1.54) is 0 Å². The molecule has 0 saturated heterocycles. The first-order valence-corrected chi connectivity index (χ1v) is 0. The second-order valence-electron chi connectivity index (χ2n) is 0. The minimum Gasteiger partial charge on any atom is 0 e. The monoisotopic (exact) mass is 529 g/mol. The molecule has 29 valence electrons. The zero-order valence-corrected chi connectivity index (χ0v) is 19.5. The van der Waals surface area contributed by atoms with Crippen LogP contribution in [0.1, 0.15) is 0 Å². The molecule has 3 radical (unpaired) electrons. The molecule has 0 aromatic rings. The molecule has 0 heterocycles. The van der Waals surface area contributed by atoms with Gasteiger partial charge >= 0.3 is 45.3 Å². The van der Waals surface area contributed by atoms with Gasteiger partial charge in [0.05, 0.1) is 0 Å². The molecule has 0 aromatic carbocycles. The Kier molecular flexibility index (Phi) is 199. The summed E-state index contributed by atoms with van der Waals surface area (Å²) < 4.78 is 0. The topological polar surface area (TPSA) is 0 Å². The number of hydrogen-bond acceptors (Lipinski definition) is 0. The first-order chi connectivity index (χ1) is 0. The second-order valence-corrected chi connectivity index (χ2v) is 0. The Balaban J connectivity index is 0. The summed E-state index contributed by atoms with van der Waals surface area (Å²) in [5.74, 6) is 0. The Labute approximate surface area is 107 Å². The van der Waals surface area contributed by atoms with Gasteiger partial charge in [0.1, 0.15) is 0 Å². The van der Waals surface area contributed by atoms with Crippen molar-refractivity contribution in [3.05, 3.63) is 0 Å². The van der Waals surface area contributed by atoms with Gasteiger partial charge in [-0.05, 0) is 0 Å². The summed E-state index contributed by atoms with van der Waals surface area (Å²) in [6.45, 7) is 0. The van der Waals surface area contributed by atoms with Gasteiger partial charge in [-0.15, -0.1) is 0 Å². The molecule has 0 saturated carbocycles. The van der Waals surface area contributed by atoms with Crippen LogP contribution in [0.5, 0.6) is 0 Å². The molecular formula is H5AsCdCuPbZn. The van der Waals surface area contributed by atoms with E-state index in [2.05, 4.69) is 0 Å². The third-order valence-corrected chi connectivity index (χ3v) is 0. The molecule has 0 N–H and O–H groups in total. The van der Waals surface area contributed by atoms with Gasteiger partial charge < -0.3 is 0 Å². The Bertz CT molecular complexity index is 11.6. The van der Waals surface area contributed by atoms with Crippen molar-refractivity contribution in [2.75, 3.05) is 0 Å². The summed E-state index contributed by atoms with van der Waals surface area (Å²) >= 11 is 0. The molecule has 5 heteroatoms. The standard InChI is InChI=1S/AsH3.Cd.Cu.Pb.Zn.2H/h1H3;;;;;;. The van der Waals surface area contributed by atoms with Crippen LogP contribution in [0.4, 0.5) is 0 Å². The average molecular weight is 529 g/mol. The van der Waals surface area contributed by atoms with Gasteiger partial charge in [0.15, 0.2) is 0 Å². The average Bonchev–Trinajstić information content (AvgIpc) is 0. The van der Waals surface area contributed by atoms with Crippen LogP contribution < -0.4 is 0 Å². The first kappa shape index (κ1) is 38.7. The van der Waals surface area contributed by atoms with Gasteiger partial charge in [-0.3, -0.25) is 0 Å². The summed E-state index contributed by atoms with van der Waals surface area (Å²) in [4.78, 5) is 0. The molecule has 0 nitrogen and oxygen atoms in total. The Morgan fingerprint density at radius 1 is 1.00 bits per heavy atom. The van der Waals surface area contributed by atoms with Crippen molar-refractivity contribution in [3.63, 3.8) is 0 Å². The van der Waals surface area contributed by atoms with Gasteiger partial charge in [0, 0.05) is 63.8 Å². The summed E-state index contributed by atoms with van der Waals surface area (Å²) in [5, 5.41) is 0. The number of rotatable bonds is 0. The van der Waals surface area contributed by atoms with Crippen LogP contribution in [0.15, 0.2) is 0 Å². The van der Waals surface area contributed by atoms with Crippen LogP contribution in [-0.4, -0.2) is 45.3 Å². The fourth-order valence-corrected chi connectivity index (χ4v) is 0. The fraction of sp³-hybridized carbons (Fsp3) is 0. The molecule has 0 fully saturated rings. The van der Waals surface area contributed by atoms with Gasteiger partial charge in [-0.2, -0.15) is 0 Å². The summed E-state index contributed by atoms with van der Waals surface area (Å²) in [6.07, 6.45) is 0. The van der Waals surface area contributed by atoms with Crippen LogP contribution in [0, 0.1) is 0 Å². The molecule has 0 rings (SSSR count). The third kappa shape index (κ3) is 18.5. The molecule has 1 unspecified atom stereocenters. The van der Waals surface area contributed by atoms with Crippen LogP contribution in [-0.2, 0) is 63.8 Å².